The average molecular weight is 356 g/mol. The molecule has 1 aromatic carbocycles. The zero-order valence-corrected chi connectivity index (χ0v) is 14.7. The third kappa shape index (κ3) is 3.73. The maximum Gasteiger partial charge on any atom is 0.266 e. The van der Waals surface area contributed by atoms with Crippen LogP contribution in [-0.2, 0) is 17.1 Å². The van der Waals surface area contributed by atoms with Gasteiger partial charge in [-0.15, -0.1) is 0 Å². The number of carbonyl (C=O) groups excluding carboxylic acids is 1. The van der Waals surface area contributed by atoms with Crippen molar-refractivity contribution in [1.82, 2.24) is 9.78 Å². The second kappa shape index (κ2) is 6.72. The first-order chi connectivity index (χ1) is 10.8. The van der Waals surface area contributed by atoms with Gasteiger partial charge in [0, 0.05) is 24.7 Å². The van der Waals surface area contributed by atoms with Crippen LogP contribution in [0.15, 0.2) is 29.2 Å². The number of carbonyl (C=O) groups is 1. The minimum Gasteiger partial charge on any atom is -0.294 e. The van der Waals surface area contributed by atoms with Crippen molar-refractivity contribution in [3.63, 3.8) is 0 Å². The van der Waals surface area contributed by atoms with E-state index in [0.717, 1.165) is 6.42 Å². The average Bonchev–Trinajstić information content (AvgIpc) is 2.73. The summed E-state index contributed by atoms with van der Waals surface area (Å²) >= 11 is 6.00. The lowest BCUT2D eigenvalue weighted by atomic mass is 10.1. The quantitative estimate of drug-likeness (QED) is 0.807. The second-order valence-electron chi connectivity index (χ2n) is 5.18. The van der Waals surface area contributed by atoms with Gasteiger partial charge in [0.05, 0.1) is 5.69 Å². The number of anilines is 1. The van der Waals surface area contributed by atoms with Gasteiger partial charge in [0.1, 0.15) is 10.0 Å². The summed E-state index contributed by atoms with van der Waals surface area (Å²) in [7, 11) is -2.28. The minimum absolute atomic E-state index is 0.0352. The molecule has 124 valence electrons. The molecule has 6 nitrogen and oxygen atoms in total. The van der Waals surface area contributed by atoms with E-state index in [2.05, 4.69) is 9.82 Å². The van der Waals surface area contributed by atoms with Crippen LogP contribution in [0, 0.1) is 6.92 Å². The summed E-state index contributed by atoms with van der Waals surface area (Å²) in [6.07, 6.45) is 1.24. The topological polar surface area (TPSA) is 81.1 Å². The van der Waals surface area contributed by atoms with Crippen LogP contribution >= 0.6 is 11.6 Å². The molecule has 0 bridgehead atoms. The summed E-state index contributed by atoms with van der Waals surface area (Å²) in [5.41, 5.74) is 1.24. The van der Waals surface area contributed by atoms with Gasteiger partial charge in [-0.05, 0) is 37.6 Å². The third-order valence-electron chi connectivity index (χ3n) is 3.30. The molecule has 0 atom stereocenters. The fourth-order valence-corrected chi connectivity index (χ4v) is 4.03. The molecule has 0 saturated heterocycles. The van der Waals surface area contributed by atoms with Crippen molar-refractivity contribution in [3.05, 3.63) is 40.7 Å². The number of hydrogen-bond acceptors (Lipinski definition) is 4. The van der Waals surface area contributed by atoms with Crippen molar-refractivity contribution < 1.29 is 13.2 Å². The van der Waals surface area contributed by atoms with Crippen LogP contribution in [0.1, 0.15) is 35.8 Å². The summed E-state index contributed by atoms with van der Waals surface area (Å²) in [6, 6.07) is 6.32. The van der Waals surface area contributed by atoms with Crippen LogP contribution in [0.2, 0.25) is 5.15 Å². The van der Waals surface area contributed by atoms with Crippen LogP contribution < -0.4 is 4.72 Å². The Morgan fingerprint density at radius 2 is 1.91 bits per heavy atom. The van der Waals surface area contributed by atoms with E-state index >= 15 is 0 Å². The van der Waals surface area contributed by atoms with E-state index in [1.54, 1.807) is 38.2 Å². The lowest BCUT2D eigenvalue weighted by molar-refractivity contribution is 0.0982. The van der Waals surface area contributed by atoms with E-state index in [1.165, 1.54) is 4.68 Å². The predicted octanol–water partition coefficient (Wildman–Crippen LogP) is 3.17. The van der Waals surface area contributed by atoms with E-state index in [-0.39, 0.29) is 15.8 Å². The second-order valence-corrected chi connectivity index (χ2v) is 7.16. The Balaban J connectivity index is 2.26. The molecule has 0 amide bonds. The van der Waals surface area contributed by atoms with Gasteiger partial charge in [-0.2, -0.15) is 5.10 Å². The SMILES string of the molecule is CCCC(=O)c1ccc(NS(=O)(=O)c2c(C)nn(C)c2Cl)cc1. The first kappa shape index (κ1) is 17.5. The van der Waals surface area contributed by atoms with Gasteiger partial charge in [-0.3, -0.25) is 14.2 Å². The normalized spacial score (nSPS) is 11.5. The molecular formula is C15H18ClN3O3S. The van der Waals surface area contributed by atoms with E-state index < -0.39 is 10.0 Å². The zero-order chi connectivity index (χ0) is 17.2. The molecule has 0 unspecified atom stereocenters. The Labute approximate surface area is 140 Å². The van der Waals surface area contributed by atoms with Crippen LogP contribution in [0.5, 0.6) is 0 Å². The van der Waals surface area contributed by atoms with E-state index in [4.69, 9.17) is 11.6 Å². The molecular weight excluding hydrogens is 338 g/mol. The van der Waals surface area contributed by atoms with Crippen LogP contribution in [0.25, 0.3) is 0 Å². The van der Waals surface area contributed by atoms with Gasteiger partial charge in [0.2, 0.25) is 0 Å². The van der Waals surface area contributed by atoms with E-state index in [0.29, 0.717) is 23.4 Å². The molecule has 0 radical (unpaired) electrons. The van der Waals surface area contributed by atoms with Gasteiger partial charge in [0.15, 0.2) is 5.78 Å². The number of rotatable bonds is 6. The Bertz CT molecular complexity index is 826. The summed E-state index contributed by atoms with van der Waals surface area (Å²) < 4.78 is 28.7. The highest BCUT2D eigenvalue weighted by Gasteiger charge is 2.25. The molecule has 0 aliphatic rings. The molecule has 1 heterocycles. The fraction of sp³-hybridized carbons (Fsp3) is 0.333. The molecule has 1 N–H and O–H groups in total. The Hall–Kier alpha value is -1.86. The number of benzene rings is 1. The molecule has 0 spiro atoms. The maximum atomic E-state index is 12.5. The third-order valence-corrected chi connectivity index (χ3v) is 5.38. The lowest BCUT2D eigenvalue weighted by Gasteiger charge is -2.08. The molecule has 8 heteroatoms. The Kier molecular flexibility index (Phi) is 5.11. The fourth-order valence-electron chi connectivity index (χ4n) is 2.22. The van der Waals surface area contributed by atoms with Crippen molar-refractivity contribution in [2.45, 2.75) is 31.6 Å². The van der Waals surface area contributed by atoms with Gasteiger partial charge in [0.25, 0.3) is 10.0 Å². The highest BCUT2D eigenvalue weighted by molar-refractivity contribution is 7.92. The number of sulfonamides is 1. The maximum absolute atomic E-state index is 12.5. The molecule has 0 aliphatic heterocycles. The van der Waals surface area contributed by atoms with Crippen molar-refractivity contribution in [1.29, 1.82) is 0 Å². The zero-order valence-electron chi connectivity index (χ0n) is 13.1. The number of nitrogens with zero attached hydrogens (tertiary/aromatic N) is 2. The summed E-state index contributed by atoms with van der Waals surface area (Å²) in [5, 5.41) is 4.04. The van der Waals surface area contributed by atoms with Crippen LogP contribution in [0.3, 0.4) is 0 Å². The first-order valence-corrected chi connectivity index (χ1v) is 8.97. The molecule has 0 fully saturated rings. The molecule has 23 heavy (non-hydrogen) atoms. The molecule has 2 aromatic rings. The number of aromatic nitrogens is 2. The molecule has 0 aliphatic carbocycles. The van der Waals surface area contributed by atoms with E-state index in [9.17, 15) is 13.2 Å². The predicted molar refractivity (Wildman–Crippen MR) is 89.4 cm³/mol. The number of aryl methyl sites for hydroxylation is 2. The van der Waals surface area contributed by atoms with Crippen LogP contribution in [0.4, 0.5) is 5.69 Å². The standard InChI is InChI=1S/C15H18ClN3O3S/c1-4-5-13(20)11-6-8-12(9-7-11)18-23(21,22)14-10(2)17-19(3)15(14)16/h6-9,18H,4-5H2,1-3H3. The number of nitrogens with one attached hydrogen (secondary N) is 1. The first-order valence-electron chi connectivity index (χ1n) is 7.11. The largest absolute Gasteiger partial charge is 0.294 e. The Morgan fingerprint density at radius 3 is 2.39 bits per heavy atom. The monoisotopic (exact) mass is 355 g/mol. The van der Waals surface area contributed by atoms with Crippen molar-refractivity contribution in [2.75, 3.05) is 4.72 Å². The van der Waals surface area contributed by atoms with Crippen molar-refractivity contribution in [2.24, 2.45) is 7.05 Å². The molecule has 1 aromatic heterocycles. The van der Waals surface area contributed by atoms with Crippen LogP contribution in [-0.4, -0.2) is 24.0 Å². The van der Waals surface area contributed by atoms with Gasteiger partial charge < -0.3 is 0 Å². The number of ketones is 1. The van der Waals surface area contributed by atoms with Crippen molar-refractivity contribution >= 4 is 33.1 Å². The van der Waals surface area contributed by atoms with Gasteiger partial charge in [-0.25, -0.2) is 8.42 Å². The smallest absolute Gasteiger partial charge is 0.266 e. The van der Waals surface area contributed by atoms with Gasteiger partial charge in [-0.1, -0.05) is 18.5 Å². The minimum atomic E-state index is -3.85. The number of hydrogen-bond donors (Lipinski definition) is 1. The summed E-state index contributed by atoms with van der Waals surface area (Å²) in [6.45, 7) is 3.51. The molecule has 0 saturated carbocycles. The highest BCUT2D eigenvalue weighted by atomic mass is 35.5. The molecule has 2 rings (SSSR count). The van der Waals surface area contributed by atoms with Crippen molar-refractivity contribution in [3.8, 4) is 0 Å². The lowest BCUT2D eigenvalue weighted by Crippen LogP contribution is -2.14. The van der Waals surface area contributed by atoms with Gasteiger partial charge >= 0.3 is 0 Å². The summed E-state index contributed by atoms with van der Waals surface area (Å²) in [5.74, 6) is 0.0352. The van der Waals surface area contributed by atoms with E-state index in [1.807, 2.05) is 6.92 Å². The number of halogens is 1. The summed E-state index contributed by atoms with van der Waals surface area (Å²) in [4.78, 5) is 11.7. The number of Topliss-reactive ketones (excluding diaryl/α,β-unsaturated/α-hetero) is 1. The highest BCUT2D eigenvalue weighted by Crippen LogP contribution is 2.26. The Morgan fingerprint density at radius 1 is 1.30 bits per heavy atom.